The Kier molecular flexibility index (Phi) is 3.90. The van der Waals surface area contributed by atoms with Crippen LogP contribution in [0.4, 0.5) is 23.7 Å². The Morgan fingerprint density at radius 1 is 1.12 bits per heavy atom. The van der Waals surface area contributed by atoms with E-state index in [2.05, 4.69) is 21.9 Å². The molecule has 1 atom stereocenters. The second-order valence-electron chi connectivity index (χ2n) is 5.00. The lowest BCUT2D eigenvalue weighted by Gasteiger charge is -2.35. The molecule has 0 fully saturated rings. The van der Waals surface area contributed by atoms with Gasteiger partial charge in [-0.3, -0.25) is 5.32 Å². The molecule has 1 aliphatic heterocycles. The van der Waals surface area contributed by atoms with Gasteiger partial charge in [0.15, 0.2) is 0 Å². The molecule has 0 bridgehead atoms. The van der Waals surface area contributed by atoms with Crippen LogP contribution in [0, 0.1) is 11.8 Å². The van der Waals surface area contributed by atoms with Crippen LogP contribution >= 0.6 is 11.6 Å². The number of alkyl halides is 3. The predicted octanol–water partition coefficient (Wildman–Crippen LogP) is 4.71. The van der Waals surface area contributed by atoms with E-state index in [1.54, 1.807) is 30.3 Å². The number of amides is 1. The number of rotatable bonds is 0. The van der Waals surface area contributed by atoms with Crippen LogP contribution in [0.3, 0.4) is 0 Å². The molecule has 0 saturated carbocycles. The summed E-state index contributed by atoms with van der Waals surface area (Å²) in [4.78, 5) is 11.7. The summed E-state index contributed by atoms with van der Waals surface area (Å²) in [5.74, 6) is 4.51. The normalized spacial score (nSPS) is 19.4. The zero-order valence-electron chi connectivity index (χ0n) is 11.9. The molecule has 0 aliphatic carbocycles. The van der Waals surface area contributed by atoms with Crippen molar-refractivity contribution in [3.8, 4) is 11.8 Å². The molecule has 1 N–H and O–H groups in total. The Hall–Kier alpha value is -2.65. The number of nitrogens with one attached hydrogen (secondary N) is 1. The number of carbonyl (C=O) groups is 1. The number of anilines is 1. The first-order valence-corrected chi connectivity index (χ1v) is 7.14. The Labute approximate surface area is 140 Å². The molecule has 122 valence electrons. The van der Waals surface area contributed by atoms with E-state index < -0.39 is 17.9 Å². The van der Waals surface area contributed by atoms with Crippen LogP contribution in [-0.2, 0) is 10.3 Å². The van der Waals surface area contributed by atoms with E-state index in [0.29, 0.717) is 5.56 Å². The van der Waals surface area contributed by atoms with Gasteiger partial charge in [-0.05, 0) is 36.3 Å². The topological polar surface area (TPSA) is 38.3 Å². The first-order chi connectivity index (χ1) is 11.3. The van der Waals surface area contributed by atoms with Gasteiger partial charge in [0.05, 0.1) is 5.69 Å². The van der Waals surface area contributed by atoms with Gasteiger partial charge in [0.2, 0.25) is 0 Å². The van der Waals surface area contributed by atoms with Gasteiger partial charge in [0.25, 0.3) is 5.60 Å². The number of hydrogen-bond acceptors (Lipinski definition) is 2. The maximum atomic E-state index is 13.8. The van der Waals surface area contributed by atoms with Crippen LogP contribution in [0.2, 0.25) is 5.02 Å². The summed E-state index contributed by atoms with van der Waals surface area (Å²) in [7, 11) is 0. The third-order valence-electron chi connectivity index (χ3n) is 3.40. The lowest BCUT2D eigenvalue weighted by molar-refractivity contribution is -0.239. The summed E-state index contributed by atoms with van der Waals surface area (Å²) in [5, 5.41) is 2.30. The monoisotopic (exact) mass is 351 g/mol. The van der Waals surface area contributed by atoms with Gasteiger partial charge in [0, 0.05) is 16.1 Å². The van der Waals surface area contributed by atoms with Crippen molar-refractivity contribution < 1.29 is 22.7 Å². The number of fused-ring (bicyclic) bond motifs is 1. The van der Waals surface area contributed by atoms with Crippen molar-refractivity contribution >= 4 is 23.4 Å². The molecule has 0 spiro atoms. The van der Waals surface area contributed by atoms with E-state index in [-0.39, 0.29) is 16.3 Å². The van der Waals surface area contributed by atoms with E-state index in [4.69, 9.17) is 11.6 Å². The Balaban J connectivity index is 2.23. The van der Waals surface area contributed by atoms with Crippen molar-refractivity contribution in [3.63, 3.8) is 0 Å². The second-order valence-corrected chi connectivity index (χ2v) is 5.44. The fraction of sp³-hybridized carbons (Fsp3) is 0.118. The molecule has 3 nitrogen and oxygen atoms in total. The van der Waals surface area contributed by atoms with E-state index in [9.17, 15) is 18.0 Å². The first-order valence-electron chi connectivity index (χ1n) is 6.77. The molecule has 0 unspecified atom stereocenters. The largest absolute Gasteiger partial charge is 0.445 e. The molecule has 24 heavy (non-hydrogen) atoms. The number of carbonyl (C=O) groups excluding carboxylic acids is 1. The highest BCUT2D eigenvalue weighted by atomic mass is 35.5. The van der Waals surface area contributed by atoms with E-state index in [1.807, 2.05) is 0 Å². The Bertz CT molecular complexity index is 856. The highest BCUT2D eigenvalue weighted by Crippen LogP contribution is 2.47. The van der Waals surface area contributed by atoms with E-state index in [1.165, 1.54) is 12.1 Å². The molecule has 2 aromatic carbocycles. The first kappa shape index (κ1) is 16.2. The van der Waals surface area contributed by atoms with Crippen molar-refractivity contribution in [1.82, 2.24) is 0 Å². The second kappa shape index (κ2) is 5.77. The highest BCUT2D eigenvalue weighted by molar-refractivity contribution is 6.30. The minimum absolute atomic E-state index is 0.0460. The average molecular weight is 352 g/mol. The van der Waals surface area contributed by atoms with Crippen LogP contribution in [0.15, 0.2) is 48.5 Å². The van der Waals surface area contributed by atoms with Crippen LogP contribution in [0.5, 0.6) is 0 Å². The molecule has 3 rings (SSSR count). The van der Waals surface area contributed by atoms with Crippen LogP contribution in [0.25, 0.3) is 0 Å². The fourth-order valence-corrected chi connectivity index (χ4v) is 2.47. The van der Waals surface area contributed by atoms with Crippen molar-refractivity contribution in [3.05, 3.63) is 64.7 Å². The van der Waals surface area contributed by atoms with Crippen molar-refractivity contribution in [2.45, 2.75) is 11.8 Å². The minimum Gasteiger partial charge on any atom is -0.415 e. The van der Waals surface area contributed by atoms with Gasteiger partial charge >= 0.3 is 12.3 Å². The Morgan fingerprint density at radius 2 is 1.83 bits per heavy atom. The van der Waals surface area contributed by atoms with Crippen molar-refractivity contribution in [2.75, 3.05) is 5.32 Å². The van der Waals surface area contributed by atoms with Gasteiger partial charge in [-0.1, -0.05) is 35.7 Å². The molecule has 1 aliphatic rings. The molecule has 7 heteroatoms. The number of cyclic esters (lactones) is 1. The summed E-state index contributed by atoms with van der Waals surface area (Å²) in [6, 6.07) is 11.8. The standard InChI is InChI=1S/C17H9ClF3NO2/c18-12-6-7-14-13(10-12)16(17(19,20)21,24-15(23)22-14)9-8-11-4-2-1-3-5-11/h1-7,10H,(H,22,23)/t16-/m1/s1. The van der Waals surface area contributed by atoms with Crippen LogP contribution < -0.4 is 5.32 Å². The maximum Gasteiger partial charge on any atom is 0.445 e. The summed E-state index contributed by atoms with van der Waals surface area (Å²) in [5.41, 5.74) is -3.13. The number of hydrogen-bond donors (Lipinski definition) is 1. The molecule has 0 saturated heterocycles. The average Bonchev–Trinajstić information content (AvgIpc) is 2.53. The summed E-state index contributed by atoms with van der Waals surface area (Å²) < 4.78 is 46.1. The summed E-state index contributed by atoms with van der Waals surface area (Å²) in [6.07, 6.45) is -6.18. The van der Waals surface area contributed by atoms with Gasteiger partial charge in [-0.2, -0.15) is 13.2 Å². The highest BCUT2D eigenvalue weighted by Gasteiger charge is 2.62. The van der Waals surface area contributed by atoms with E-state index >= 15 is 0 Å². The SMILES string of the molecule is O=C1Nc2ccc(Cl)cc2[C@](C#Cc2ccccc2)(C(F)(F)F)O1. The number of ether oxygens (including phenoxy) is 1. The lowest BCUT2D eigenvalue weighted by atomic mass is 9.90. The molecular formula is C17H9ClF3NO2. The quantitative estimate of drug-likeness (QED) is 0.698. The third-order valence-corrected chi connectivity index (χ3v) is 3.63. The molecule has 1 heterocycles. The summed E-state index contributed by atoms with van der Waals surface area (Å²) in [6.45, 7) is 0. The van der Waals surface area contributed by atoms with Gasteiger partial charge in [0.1, 0.15) is 0 Å². The smallest absolute Gasteiger partial charge is 0.415 e. The maximum absolute atomic E-state index is 13.8. The molecule has 0 aromatic heterocycles. The number of halogens is 4. The summed E-state index contributed by atoms with van der Waals surface area (Å²) >= 11 is 5.82. The fourth-order valence-electron chi connectivity index (χ4n) is 2.30. The van der Waals surface area contributed by atoms with Gasteiger partial charge < -0.3 is 4.74 Å². The lowest BCUT2D eigenvalue weighted by Crippen LogP contribution is -2.49. The zero-order valence-corrected chi connectivity index (χ0v) is 12.7. The molecule has 2 aromatic rings. The van der Waals surface area contributed by atoms with Crippen molar-refractivity contribution in [1.29, 1.82) is 0 Å². The number of benzene rings is 2. The van der Waals surface area contributed by atoms with E-state index in [0.717, 1.165) is 6.07 Å². The van der Waals surface area contributed by atoms with Gasteiger partial charge in [-0.15, -0.1) is 0 Å². The molecule has 1 amide bonds. The Morgan fingerprint density at radius 3 is 2.50 bits per heavy atom. The predicted molar refractivity (Wildman–Crippen MR) is 82.6 cm³/mol. The van der Waals surface area contributed by atoms with Crippen LogP contribution in [0.1, 0.15) is 11.1 Å². The van der Waals surface area contributed by atoms with Crippen LogP contribution in [-0.4, -0.2) is 12.3 Å². The molecular weight excluding hydrogens is 343 g/mol. The minimum atomic E-state index is -4.95. The zero-order chi connectivity index (χ0) is 17.4. The van der Waals surface area contributed by atoms with Crippen molar-refractivity contribution in [2.24, 2.45) is 0 Å². The van der Waals surface area contributed by atoms with Gasteiger partial charge in [-0.25, -0.2) is 4.79 Å². The third kappa shape index (κ3) is 2.79. The molecule has 0 radical (unpaired) electrons.